The minimum atomic E-state index is -0.516. The van der Waals surface area contributed by atoms with E-state index < -0.39 is 5.82 Å². The summed E-state index contributed by atoms with van der Waals surface area (Å²) < 4.78 is 16.7. The maximum atomic E-state index is 14.9. The fourth-order valence-electron chi connectivity index (χ4n) is 3.07. The average Bonchev–Trinajstić information content (AvgIpc) is 3.41. The number of pyridine rings is 1. The molecule has 0 spiro atoms. The first-order chi connectivity index (χ1) is 14.0. The lowest BCUT2D eigenvalue weighted by atomic mass is 10.0. The Kier molecular flexibility index (Phi) is 5.10. The van der Waals surface area contributed by atoms with Crippen LogP contribution in [0.1, 0.15) is 19.3 Å². The summed E-state index contributed by atoms with van der Waals surface area (Å²) in [5.74, 6) is -0.0942. The summed E-state index contributed by atoms with van der Waals surface area (Å²) >= 11 is 6.39. The second kappa shape index (κ2) is 7.71. The lowest BCUT2D eigenvalue weighted by Gasteiger charge is -2.18. The zero-order valence-electron chi connectivity index (χ0n) is 16.0. The molecule has 0 bridgehead atoms. The van der Waals surface area contributed by atoms with Crippen LogP contribution in [0.4, 0.5) is 15.9 Å². The van der Waals surface area contributed by atoms with E-state index in [-0.39, 0.29) is 5.02 Å². The molecule has 29 heavy (non-hydrogen) atoms. The first-order valence-electron chi connectivity index (χ1n) is 9.22. The smallest absolute Gasteiger partial charge is 0.212 e. The number of imidazole rings is 1. The predicted molar refractivity (Wildman–Crippen MR) is 113 cm³/mol. The first-order valence-corrected chi connectivity index (χ1v) is 9.59. The van der Waals surface area contributed by atoms with Crippen molar-refractivity contribution in [1.29, 1.82) is 0 Å². The molecule has 0 saturated heterocycles. The van der Waals surface area contributed by atoms with Crippen LogP contribution in [0, 0.1) is 5.82 Å². The predicted octanol–water partition coefficient (Wildman–Crippen LogP) is 4.47. The molecule has 3 heterocycles. The Morgan fingerprint density at radius 2 is 2.03 bits per heavy atom. The van der Waals surface area contributed by atoms with Gasteiger partial charge in [-0.05, 0) is 12.1 Å². The van der Waals surface area contributed by atoms with Crippen molar-refractivity contribution in [2.75, 3.05) is 24.3 Å². The third-order valence-corrected chi connectivity index (χ3v) is 4.87. The van der Waals surface area contributed by atoms with Gasteiger partial charge in [-0.1, -0.05) is 30.9 Å². The third-order valence-electron chi connectivity index (χ3n) is 4.51. The van der Waals surface area contributed by atoms with Gasteiger partial charge in [0.25, 0.3) is 0 Å². The van der Waals surface area contributed by atoms with Gasteiger partial charge in [-0.3, -0.25) is 9.89 Å². The summed E-state index contributed by atoms with van der Waals surface area (Å²) in [6, 6.07) is 3.57. The number of nitrogens with one attached hydrogen (secondary N) is 2. The van der Waals surface area contributed by atoms with Crippen molar-refractivity contribution in [3.63, 3.8) is 0 Å². The van der Waals surface area contributed by atoms with Gasteiger partial charge in [0.2, 0.25) is 6.41 Å². The van der Waals surface area contributed by atoms with Crippen molar-refractivity contribution in [1.82, 2.24) is 19.6 Å². The number of anilines is 2. The van der Waals surface area contributed by atoms with Crippen LogP contribution < -0.4 is 10.2 Å². The molecule has 5 rings (SSSR count). The topological polar surface area (TPSA) is 78.3 Å². The highest BCUT2D eigenvalue weighted by atomic mass is 35.5. The van der Waals surface area contributed by atoms with E-state index in [1.54, 1.807) is 54.1 Å². The van der Waals surface area contributed by atoms with Crippen LogP contribution in [-0.2, 0) is 4.79 Å². The molecule has 7 nitrogen and oxygen atoms in total. The van der Waals surface area contributed by atoms with Crippen molar-refractivity contribution in [2.24, 2.45) is 0 Å². The molecule has 1 amide bonds. The molecule has 4 aromatic rings. The second-order valence-electron chi connectivity index (χ2n) is 7.04. The van der Waals surface area contributed by atoms with Gasteiger partial charge in [0.15, 0.2) is 11.6 Å². The first kappa shape index (κ1) is 19.2. The minimum absolute atomic E-state index is 0.0216. The van der Waals surface area contributed by atoms with E-state index in [0.717, 1.165) is 0 Å². The number of carbonyl (C=O) groups is 1. The average molecular weight is 415 g/mol. The lowest BCUT2D eigenvalue weighted by molar-refractivity contribution is -0.105. The Hall–Kier alpha value is -3.13. The number of benzene rings is 1. The van der Waals surface area contributed by atoms with Crippen LogP contribution in [-0.4, -0.2) is 40.1 Å². The SMILES string of the molecule is C1CC1.CN(C)c1c(F)c(Cl)c(-c2ccc3nc(NC=O)cn3c2)c2cn[nH]c12. The zero-order valence-corrected chi connectivity index (χ0v) is 16.8. The van der Waals surface area contributed by atoms with E-state index in [9.17, 15) is 9.18 Å². The van der Waals surface area contributed by atoms with E-state index in [4.69, 9.17) is 11.6 Å². The van der Waals surface area contributed by atoms with Crippen molar-refractivity contribution in [2.45, 2.75) is 19.3 Å². The molecule has 0 radical (unpaired) electrons. The Bertz CT molecular complexity index is 1190. The Morgan fingerprint density at radius 3 is 2.69 bits per heavy atom. The summed E-state index contributed by atoms with van der Waals surface area (Å²) in [5, 5.41) is 10.1. The molecule has 1 fully saturated rings. The van der Waals surface area contributed by atoms with E-state index in [0.29, 0.717) is 45.6 Å². The van der Waals surface area contributed by atoms with Crippen molar-refractivity contribution >= 4 is 46.1 Å². The molecule has 2 N–H and O–H groups in total. The summed E-state index contributed by atoms with van der Waals surface area (Å²) in [5.41, 5.74) is 2.81. The Morgan fingerprint density at radius 1 is 1.28 bits per heavy atom. The molecular formula is C20H20ClFN6O. The van der Waals surface area contributed by atoms with Gasteiger partial charge in [0, 0.05) is 36.8 Å². The van der Waals surface area contributed by atoms with Gasteiger partial charge in [-0.2, -0.15) is 5.10 Å². The largest absolute Gasteiger partial charge is 0.373 e. The highest BCUT2D eigenvalue weighted by molar-refractivity contribution is 6.36. The molecule has 1 aliphatic rings. The maximum absolute atomic E-state index is 14.9. The summed E-state index contributed by atoms with van der Waals surface area (Å²) in [6.45, 7) is 0. The molecule has 9 heteroatoms. The van der Waals surface area contributed by atoms with Gasteiger partial charge in [0.05, 0.1) is 22.9 Å². The number of nitrogens with zero attached hydrogens (tertiary/aromatic N) is 4. The van der Waals surface area contributed by atoms with Gasteiger partial charge in [-0.25, -0.2) is 9.37 Å². The molecule has 1 aliphatic carbocycles. The fraction of sp³-hybridized carbons (Fsp3) is 0.250. The van der Waals surface area contributed by atoms with Crippen molar-refractivity contribution in [3.05, 3.63) is 41.6 Å². The highest BCUT2D eigenvalue weighted by Crippen LogP contribution is 2.42. The lowest BCUT2D eigenvalue weighted by Crippen LogP contribution is -2.12. The number of hydrogen-bond acceptors (Lipinski definition) is 4. The number of fused-ring (bicyclic) bond motifs is 2. The normalized spacial score (nSPS) is 12.6. The maximum Gasteiger partial charge on any atom is 0.212 e. The molecule has 1 saturated carbocycles. The molecule has 0 aliphatic heterocycles. The number of hydrogen-bond donors (Lipinski definition) is 2. The van der Waals surface area contributed by atoms with Crippen LogP contribution in [0.3, 0.4) is 0 Å². The standard InChI is InChI=1S/C17H14ClFN6O.C3H6/c1-24(2)17-15(19)14(18)13(10-5-21-23-16(10)17)9-3-4-12-22-11(20-8-26)7-25(12)6-9;1-2-3-1/h3-8H,1-2H3,(H,20,26)(H,21,23);1-3H2. The number of amides is 1. The van der Waals surface area contributed by atoms with E-state index in [2.05, 4.69) is 20.5 Å². The van der Waals surface area contributed by atoms with Gasteiger partial charge < -0.3 is 14.6 Å². The number of aromatic nitrogens is 4. The fourth-order valence-corrected chi connectivity index (χ4v) is 3.37. The monoisotopic (exact) mass is 414 g/mol. The van der Waals surface area contributed by atoms with Gasteiger partial charge in [-0.15, -0.1) is 0 Å². The van der Waals surface area contributed by atoms with Crippen LogP contribution >= 0.6 is 11.6 Å². The van der Waals surface area contributed by atoms with Crippen molar-refractivity contribution < 1.29 is 9.18 Å². The zero-order chi connectivity index (χ0) is 20.5. The molecule has 0 unspecified atom stereocenters. The minimum Gasteiger partial charge on any atom is -0.373 e. The number of H-pyrrole nitrogens is 1. The van der Waals surface area contributed by atoms with Crippen molar-refractivity contribution in [3.8, 4) is 11.1 Å². The van der Waals surface area contributed by atoms with Crippen LogP contribution in [0.15, 0.2) is 30.7 Å². The molecular weight excluding hydrogens is 395 g/mol. The van der Waals surface area contributed by atoms with E-state index in [1.165, 1.54) is 19.3 Å². The molecule has 0 atom stereocenters. The number of carbonyl (C=O) groups excluding carboxylic acids is 1. The van der Waals surface area contributed by atoms with Gasteiger partial charge >= 0.3 is 0 Å². The molecule has 150 valence electrons. The van der Waals surface area contributed by atoms with Gasteiger partial charge in [0.1, 0.15) is 11.3 Å². The van der Waals surface area contributed by atoms with Crippen LogP contribution in [0.2, 0.25) is 5.02 Å². The van der Waals surface area contributed by atoms with Crippen LogP contribution in [0.5, 0.6) is 0 Å². The summed E-state index contributed by atoms with van der Waals surface area (Å²) in [6.07, 6.45) is 10.1. The second-order valence-corrected chi connectivity index (χ2v) is 7.41. The summed E-state index contributed by atoms with van der Waals surface area (Å²) in [7, 11) is 3.49. The molecule has 1 aromatic carbocycles. The molecule has 3 aromatic heterocycles. The quantitative estimate of drug-likeness (QED) is 0.483. The number of rotatable bonds is 4. The van der Waals surface area contributed by atoms with Crippen LogP contribution in [0.25, 0.3) is 27.7 Å². The Labute approximate surface area is 171 Å². The summed E-state index contributed by atoms with van der Waals surface area (Å²) in [4.78, 5) is 16.5. The van der Waals surface area contributed by atoms with E-state index >= 15 is 0 Å². The Balaban J connectivity index is 0.000000626. The van der Waals surface area contributed by atoms with E-state index in [1.807, 2.05) is 0 Å². The highest BCUT2D eigenvalue weighted by Gasteiger charge is 2.22. The number of aromatic amines is 1. The number of halogens is 2. The third kappa shape index (κ3) is 3.63.